The molecule has 5 rings (SSSR count). The minimum atomic E-state index is -0.930. The first-order valence-corrected chi connectivity index (χ1v) is 11.5. The fourth-order valence-corrected chi connectivity index (χ4v) is 3.90. The Morgan fingerprint density at radius 1 is 1.08 bits per heavy atom. The fourth-order valence-electron chi connectivity index (χ4n) is 3.90. The molecule has 0 bridgehead atoms. The summed E-state index contributed by atoms with van der Waals surface area (Å²) >= 11 is 0. The SMILES string of the molecule is COc1cccc(/C=C2/C(=O)NC(=O)N(c3ccc4c(c3)OCO4)C2=O)c1OCC(=O)Nc1ccc(F)cc1. The molecule has 3 aromatic rings. The van der Waals surface area contributed by atoms with Gasteiger partial charge < -0.3 is 24.3 Å². The second kappa shape index (κ2) is 10.5. The molecule has 0 saturated carbocycles. The Kier molecular flexibility index (Phi) is 6.83. The standard InChI is InChI=1S/C27H20FN3O8/c1-36-21-4-2-3-15(24(21)37-13-23(32)29-17-7-5-16(28)6-8-17)11-19-25(33)30-27(35)31(26(19)34)18-9-10-20-22(12-18)39-14-38-20/h2-12H,13-14H2,1H3,(H,29,32)(H,30,33,35)/b19-11-. The molecule has 2 heterocycles. The average molecular weight is 533 g/mol. The normalized spacial score (nSPS) is 15.3. The maximum atomic E-state index is 13.4. The summed E-state index contributed by atoms with van der Waals surface area (Å²) in [5.41, 5.74) is 0.411. The van der Waals surface area contributed by atoms with Crippen molar-refractivity contribution in [1.82, 2.24) is 5.32 Å². The van der Waals surface area contributed by atoms with Crippen molar-refractivity contribution in [2.75, 3.05) is 30.7 Å². The minimum absolute atomic E-state index is 0.00308. The highest BCUT2D eigenvalue weighted by atomic mass is 19.1. The highest BCUT2D eigenvalue weighted by Crippen LogP contribution is 2.37. The number of barbiturate groups is 1. The van der Waals surface area contributed by atoms with E-state index in [1.165, 1.54) is 49.6 Å². The number of imide groups is 2. The third kappa shape index (κ3) is 5.21. The van der Waals surface area contributed by atoms with E-state index in [1.807, 2.05) is 0 Å². The molecule has 198 valence electrons. The first kappa shape index (κ1) is 25.3. The number of rotatable bonds is 7. The molecule has 11 nitrogen and oxygen atoms in total. The summed E-state index contributed by atoms with van der Waals surface area (Å²) in [6, 6.07) is 13.5. The summed E-state index contributed by atoms with van der Waals surface area (Å²) < 4.78 is 34.7. The summed E-state index contributed by atoms with van der Waals surface area (Å²) in [6.45, 7) is -0.459. The first-order chi connectivity index (χ1) is 18.8. The molecular formula is C27H20FN3O8. The quantitative estimate of drug-likeness (QED) is 0.350. The summed E-state index contributed by atoms with van der Waals surface area (Å²) in [5, 5.41) is 4.72. The molecule has 0 unspecified atom stereocenters. The van der Waals surface area contributed by atoms with Crippen LogP contribution in [0.3, 0.4) is 0 Å². The van der Waals surface area contributed by atoms with Crippen LogP contribution in [0.4, 0.5) is 20.6 Å². The molecule has 2 aliphatic heterocycles. The maximum Gasteiger partial charge on any atom is 0.335 e. The molecule has 0 aromatic heterocycles. The van der Waals surface area contributed by atoms with Crippen molar-refractivity contribution in [3.63, 3.8) is 0 Å². The van der Waals surface area contributed by atoms with E-state index < -0.39 is 36.2 Å². The Hall–Kier alpha value is -5.39. The van der Waals surface area contributed by atoms with Crippen LogP contribution in [0.5, 0.6) is 23.0 Å². The van der Waals surface area contributed by atoms with Gasteiger partial charge in [0, 0.05) is 17.3 Å². The van der Waals surface area contributed by atoms with Gasteiger partial charge in [0.05, 0.1) is 12.8 Å². The molecule has 0 atom stereocenters. The van der Waals surface area contributed by atoms with Crippen molar-refractivity contribution in [2.24, 2.45) is 0 Å². The van der Waals surface area contributed by atoms with Gasteiger partial charge in [0.25, 0.3) is 17.7 Å². The lowest BCUT2D eigenvalue weighted by Gasteiger charge is -2.26. The van der Waals surface area contributed by atoms with E-state index in [4.69, 9.17) is 18.9 Å². The third-order valence-corrected chi connectivity index (χ3v) is 5.72. The second-order valence-corrected chi connectivity index (χ2v) is 8.22. The van der Waals surface area contributed by atoms with Crippen LogP contribution < -0.4 is 34.5 Å². The lowest BCUT2D eigenvalue weighted by Crippen LogP contribution is -2.54. The van der Waals surface area contributed by atoms with E-state index in [0.717, 1.165) is 4.90 Å². The van der Waals surface area contributed by atoms with Crippen molar-refractivity contribution in [3.05, 3.63) is 77.6 Å². The predicted octanol–water partition coefficient (Wildman–Crippen LogP) is 3.25. The molecule has 39 heavy (non-hydrogen) atoms. The van der Waals surface area contributed by atoms with E-state index in [-0.39, 0.29) is 35.1 Å². The largest absolute Gasteiger partial charge is 0.493 e. The van der Waals surface area contributed by atoms with Crippen LogP contribution in [-0.4, -0.2) is 44.3 Å². The van der Waals surface area contributed by atoms with Crippen molar-refractivity contribution in [3.8, 4) is 23.0 Å². The first-order valence-electron chi connectivity index (χ1n) is 11.5. The van der Waals surface area contributed by atoms with Gasteiger partial charge in [-0.05, 0) is 48.5 Å². The Balaban J connectivity index is 1.41. The fraction of sp³-hybridized carbons (Fsp3) is 0.111. The van der Waals surface area contributed by atoms with Gasteiger partial charge in [-0.25, -0.2) is 14.1 Å². The number of fused-ring (bicyclic) bond motifs is 1. The highest BCUT2D eigenvalue weighted by Gasteiger charge is 2.37. The Labute approximate surface area is 220 Å². The minimum Gasteiger partial charge on any atom is -0.493 e. The van der Waals surface area contributed by atoms with E-state index in [9.17, 15) is 23.6 Å². The topological polar surface area (TPSA) is 133 Å². The monoisotopic (exact) mass is 533 g/mol. The number of anilines is 2. The molecule has 0 radical (unpaired) electrons. The molecule has 12 heteroatoms. The van der Waals surface area contributed by atoms with Crippen LogP contribution in [0.1, 0.15) is 5.56 Å². The predicted molar refractivity (Wildman–Crippen MR) is 135 cm³/mol. The summed E-state index contributed by atoms with van der Waals surface area (Å²) in [4.78, 5) is 51.9. The molecule has 1 saturated heterocycles. The van der Waals surface area contributed by atoms with E-state index in [1.54, 1.807) is 24.3 Å². The van der Waals surface area contributed by atoms with E-state index >= 15 is 0 Å². The molecular weight excluding hydrogens is 513 g/mol. The molecule has 0 aliphatic carbocycles. The van der Waals surface area contributed by atoms with Gasteiger partial charge in [0.1, 0.15) is 11.4 Å². The summed E-state index contributed by atoms with van der Waals surface area (Å²) in [5.74, 6) is -1.68. The molecule has 2 N–H and O–H groups in total. The van der Waals surface area contributed by atoms with Crippen molar-refractivity contribution in [1.29, 1.82) is 0 Å². The van der Waals surface area contributed by atoms with Gasteiger partial charge in [0.15, 0.2) is 29.6 Å². The van der Waals surface area contributed by atoms with Crippen molar-refractivity contribution in [2.45, 2.75) is 0 Å². The van der Waals surface area contributed by atoms with Crippen molar-refractivity contribution >= 4 is 41.2 Å². The number of hydrogen-bond donors (Lipinski definition) is 2. The number of carbonyl (C=O) groups is 4. The number of hydrogen-bond acceptors (Lipinski definition) is 8. The van der Waals surface area contributed by atoms with Crippen LogP contribution in [0.25, 0.3) is 6.08 Å². The number of urea groups is 1. The number of carbonyl (C=O) groups excluding carboxylic acids is 4. The molecule has 5 amide bonds. The van der Waals surface area contributed by atoms with Gasteiger partial charge in [-0.2, -0.15) is 0 Å². The number of halogens is 1. The molecule has 1 fully saturated rings. The lowest BCUT2D eigenvalue weighted by atomic mass is 10.1. The van der Waals surface area contributed by atoms with E-state index in [2.05, 4.69) is 10.6 Å². The van der Waals surface area contributed by atoms with Gasteiger partial charge in [-0.15, -0.1) is 0 Å². The summed E-state index contributed by atoms with van der Waals surface area (Å²) in [6.07, 6.45) is 1.24. The molecule has 3 aromatic carbocycles. The number of amides is 5. The Morgan fingerprint density at radius 2 is 1.85 bits per heavy atom. The Morgan fingerprint density at radius 3 is 2.62 bits per heavy atom. The number of benzene rings is 3. The zero-order valence-electron chi connectivity index (χ0n) is 20.4. The van der Waals surface area contributed by atoms with Crippen LogP contribution >= 0.6 is 0 Å². The van der Waals surface area contributed by atoms with Crippen LogP contribution in [-0.2, 0) is 14.4 Å². The lowest BCUT2D eigenvalue weighted by molar-refractivity contribution is -0.122. The number of nitrogens with zero attached hydrogens (tertiary/aromatic N) is 1. The molecule has 2 aliphatic rings. The zero-order chi connectivity index (χ0) is 27.5. The van der Waals surface area contributed by atoms with Crippen molar-refractivity contribution < 1.29 is 42.5 Å². The second-order valence-electron chi connectivity index (χ2n) is 8.22. The molecule has 0 spiro atoms. The van der Waals surface area contributed by atoms with Gasteiger partial charge in [-0.1, -0.05) is 12.1 Å². The average Bonchev–Trinajstić information content (AvgIpc) is 3.39. The van der Waals surface area contributed by atoms with Gasteiger partial charge in [0.2, 0.25) is 6.79 Å². The van der Waals surface area contributed by atoms with E-state index in [0.29, 0.717) is 17.2 Å². The maximum absolute atomic E-state index is 13.4. The number of ether oxygens (including phenoxy) is 4. The third-order valence-electron chi connectivity index (χ3n) is 5.72. The highest BCUT2D eigenvalue weighted by molar-refractivity contribution is 6.39. The number of methoxy groups -OCH3 is 1. The zero-order valence-corrected chi connectivity index (χ0v) is 20.4. The number of nitrogens with one attached hydrogen (secondary N) is 2. The van der Waals surface area contributed by atoms with Gasteiger partial charge in [-0.3, -0.25) is 19.7 Å². The number of para-hydroxylation sites is 1. The summed E-state index contributed by atoms with van der Waals surface area (Å²) in [7, 11) is 1.39. The van der Waals surface area contributed by atoms with Gasteiger partial charge >= 0.3 is 6.03 Å². The van der Waals surface area contributed by atoms with Crippen LogP contribution in [0.2, 0.25) is 0 Å². The van der Waals surface area contributed by atoms with Crippen LogP contribution in [0, 0.1) is 5.82 Å². The Bertz CT molecular complexity index is 1520. The van der Waals surface area contributed by atoms with Crippen LogP contribution in [0.15, 0.2) is 66.2 Å². The smallest absolute Gasteiger partial charge is 0.335 e.